The topological polar surface area (TPSA) is 57.7 Å². The highest BCUT2D eigenvalue weighted by Gasteiger charge is 2.28. The lowest BCUT2D eigenvalue weighted by molar-refractivity contribution is -0.139. The molecule has 0 N–H and O–H groups in total. The summed E-state index contributed by atoms with van der Waals surface area (Å²) < 4.78 is 0. The molecule has 0 spiro atoms. The van der Waals surface area contributed by atoms with Gasteiger partial charge in [0.05, 0.1) is 6.54 Å². The highest BCUT2D eigenvalue weighted by molar-refractivity contribution is 6.31. The third-order valence-electron chi connectivity index (χ3n) is 4.68. The first-order chi connectivity index (χ1) is 13.0. The molecule has 5 nitrogen and oxygen atoms in total. The number of imide groups is 1. The molecule has 6 heteroatoms. The van der Waals surface area contributed by atoms with Gasteiger partial charge >= 0.3 is 0 Å². The van der Waals surface area contributed by atoms with Gasteiger partial charge in [-0.3, -0.25) is 19.3 Å². The Labute approximate surface area is 163 Å². The Morgan fingerprint density at radius 3 is 2.26 bits per heavy atom. The molecule has 0 atom stereocenters. The average molecular weight is 385 g/mol. The summed E-state index contributed by atoms with van der Waals surface area (Å²) in [5.74, 6) is -0.369. The van der Waals surface area contributed by atoms with Crippen molar-refractivity contribution in [1.29, 1.82) is 0 Å². The van der Waals surface area contributed by atoms with Crippen LogP contribution in [0.25, 0.3) is 0 Å². The molecule has 1 saturated heterocycles. The van der Waals surface area contributed by atoms with Crippen LogP contribution in [-0.2, 0) is 22.7 Å². The fourth-order valence-electron chi connectivity index (χ4n) is 3.08. The van der Waals surface area contributed by atoms with Crippen LogP contribution >= 0.6 is 11.6 Å². The maximum absolute atomic E-state index is 12.8. The Morgan fingerprint density at radius 1 is 1.04 bits per heavy atom. The summed E-state index contributed by atoms with van der Waals surface area (Å²) in [5, 5.41) is 0.638. The number of nitrogens with zero attached hydrogens (tertiary/aromatic N) is 2. The number of hydrogen-bond donors (Lipinski definition) is 0. The fraction of sp³-hybridized carbons (Fsp3) is 0.286. The molecule has 1 aliphatic rings. The molecule has 0 unspecified atom stereocenters. The van der Waals surface area contributed by atoms with Gasteiger partial charge in [-0.15, -0.1) is 0 Å². The summed E-state index contributed by atoms with van der Waals surface area (Å²) >= 11 is 6.20. The minimum Gasteiger partial charge on any atom is -0.335 e. The standard InChI is InChI=1S/C21H21ClN2O3/c1-2-23(14-17-5-3-4-6-18(17)22)21(27)16-9-7-15(8-10-16)13-24-19(25)11-12-20(24)26/h3-10H,2,11-14H2,1H3. The van der Waals surface area contributed by atoms with Gasteiger partial charge in [-0.2, -0.15) is 0 Å². The Kier molecular flexibility index (Phi) is 5.91. The zero-order valence-corrected chi connectivity index (χ0v) is 15.9. The van der Waals surface area contributed by atoms with Gasteiger partial charge in [-0.1, -0.05) is 41.9 Å². The molecule has 0 radical (unpaired) electrons. The number of amides is 3. The molecule has 140 valence electrons. The van der Waals surface area contributed by atoms with Crippen molar-refractivity contribution in [3.63, 3.8) is 0 Å². The molecule has 3 amide bonds. The molecular formula is C21H21ClN2O3. The van der Waals surface area contributed by atoms with Crippen molar-refractivity contribution in [1.82, 2.24) is 9.80 Å². The Morgan fingerprint density at radius 2 is 1.67 bits per heavy atom. The van der Waals surface area contributed by atoms with E-state index in [0.29, 0.717) is 23.7 Å². The minimum atomic E-state index is -0.142. The zero-order valence-electron chi connectivity index (χ0n) is 15.2. The molecule has 3 rings (SSSR count). The van der Waals surface area contributed by atoms with Gasteiger partial charge in [0.25, 0.3) is 5.91 Å². The van der Waals surface area contributed by atoms with Gasteiger partial charge in [0, 0.05) is 36.5 Å². The number of likely N-dealkylation sites (tertiary alicyclic amines) is 1. The van der Waals surface area contributed by atoms with Gasteiger partial charge in [0.15, 0.2) is 0 Å². The van der Waals surface area contributed by atoms with Crippen LogP contribution in [0, 0.1) is 0 Å². The third kappa shape index (κ3) is 4.37. The maximum Gasteiger partial charge on any atom is 0.254 e. The highest BCUT2D eigenvalue weighted by Crippen LogP contribution is 2.19. The molecule has 0 aromatic heterocycles. The predicted molar refractivity (Wildman–Crippen MR) is 103 cm³/mol. The second kappa shape index (κ2) is 8.35. The minimum absolute atomic E-state index is 0.0858. The van der Waals surface area contributed by atoms with Crippen LogP contribution in [0.15, 0.2) is 48.5 Å². The fourth-order valence-corrected chi connectivity index (χ4v) is 3.27. The van der Waals surface area contributed by atoms with Gasteiger partial charge in [-0.05, 0) is 36.2 Å². The first-order valence-electron chi connectivity index (χ1n) is 8.94. The number of rotatable bonds is 6. The summed E-state index contributed by atoms with van der Waals surface area (Å²) in [4.78, 5) is 39.3. The first kappa shape index (κ1) is 19.1. The lowest BCUT2D eigenvalue weighted by Crippen LogP contribution is -2.30. The van der Waals surface area contributed by atoms with E-state index in [1.54, 1.807) is 29.2 Å². The summed E-state index contributed by atoms with van der Waals surface area (Å²) in [6.07, 6.45) is 0.561. The molecule has 2 aromatic rings. The van der Waals surface area contributed by atoms with Gasteiger partial charge in [0.2, 0.25) is 11.8 Å². The van der Waals surface area contributed by atoms with E-state index in [2.05, 4.69) is 0 Å². The monoisotopic (exact) mass is 384 g/mol. The van der Waals surface area contributed by atoms with Crippen LogP contribution in [0.5, 0.6) is 0 Å². The molecule has 1 aliphatic heterocycles. The summed E-state index contributed by atoms with van der Waals surface area (Å²) in [5.41, 5.74) is 2.29. The molecule has 1 fully saturated rings. The number of carbonyl (C=O) groups is 3. The lowest BCUT2D eigenvalue weighted by atomic mass is 10.1. The molecular weight excluding hydrogens is 364 g/mol. The van der Waals surface area contributed by atoms with E-state index in [9.17, 15) is 14.4 Å². The van der Waals surface area contributed by atoms with E-state index in [0.717, 1.165) is 11.1 Å². The molecule has 1 heterocycles. The van der Waals surface area contributed by atoms with E-state index in [1.165, 1.54) is 4.90 Å². The summed E-state index contributed by atoms with van der Waals surface area (Å²) in [7, 11) is 0. The molecule has 0 saturated carbocycles. The highest BCUT2D eigenvalue weighted by atomic mass is 35.5. The van der Waals surface area contributed by atoms with Crippen LogP contribution in [0.2, 0.25) is 5.02 Å². The number of carbonyl (C=O) groups excluding carboxylic acids is 3. The van der Waals surface area contributed by atoms with Crippen molar-refractivity contribution in [3.05, 3.63) is 70.2 Å². The predicted octanol–water partition coefficient (Wildman–Crippen LogP) is 3.65. The molecule has 2 aromatic carbocycles. The van der Waals surface area contributed by atoms with Crippen molar-refractivity contribution in [3.8, 4) is 0 Å². The zero-order chi connectivity index (χ0) is 19.4. The van der Waals surface area contributed by atoms with Crippen molar-refractivity contribution >= 4 is 29.3 Å². The smallest absolute Gasteiger partial charge is 0.254 e. The normalized spacial score (nSPS) is 13.9. The van der Waals surface area contributed by atoms with Crippen molar-refractivity contribution in [2.24, 2.45) is 0 Å². The van der Waals surface area contributed by atoms with Crippen LogP contribution in [0.3, 0.4) is 0 Å². The van der Waals surface area contributed by atoms with E-state index < -0.39 is 0 Å². The molecule has 0 aliphatic carbocycles. The van der Waals surface area contributed by atoms with E-state index in [4.69, 9.17) is 11.6 Å². The molecule has 0 bridgehead atoms. The van der Waals surface area contributed by atoms with Crippen LogP contribution in [0.4, 0.5) is 0 Å². The maximum atomic E-state index is 12.8. The number of hydrogen-bond acceptors (Lipinski definition) is 3. The third-order valence-corrected chi connectivity index (χ3v) is 5.05. The van der Waals surface area contributed by atoms with E-state index >= 15 is 0 Å². The second-order valence-electron chi connectivity index (χ2n) is 6.48. The van der Waals surface area contributed by atoms with Crippen molar-refractivity contribution < 1.29 is 14.4 Å². The van der Waals surface area contributed by atoms with Crippen LogP contribution < -0.4 is 0 Å². The largest absolute Gasteiger partial charge is 0.335 e. The average Bonchev–Trinajstić information content (AvgIpc) is 2.99. The second-order valence-corrected chi connectivity index (χ2v) is 6.89. The molecule has 27 heavy (non-hydrogen) atoms. The Bertz CT molecular complexity index is 848. The number of benzene rings is 2. The van der Waals surface area contributed by atoms with Crippen molar-refractivity contribution in [2.75, 3.05) is 6.54 Å². The lowest BCUT2D eigenvalue weighted by Gasteiger charge is -2.22. The van der Waals surface area contributed by atoms with Crippen LogP contribution in [-0.4, -0.2) is 34.1 Å². The van der Waals surface area contributed by atoms with Gasteiger partial charge in [0.1, 0.15) is 0 Å². The Hall–Kier alpha value is -2.66. The first-order valence-corrected chi connectivity index (χ1v) is 9.32. The van der Waals surface area contributed by atoms with Gasteiger partial charge in [-0.25, -0.2) is 0 Å². The van der Waals surface area contributed by atoms with E-state index in [1.807, 2.05) is 31.2 Å². The SMILES string of the molecule is CCN(Cc1ccccc1Cl)C(=O)c1ccc(CN2C(=O)CCC2=O)cc1. The van der Waals surface area contributed by atoms with Crippen molar-refractivity contribution in [2.45, 2.75) is 32.9 Å². The van der Waals surface area contributed by atoms with Gasteiger partial charge < -0.3 is 4.90 Å². The summed E-state index contributed by atoms with van der Waals surface area (Å²) in [6.45, 7) is 3.17. The quantitative estimate of drug-likeness (QED) is 0.714. The summed E-state index contributed by atoms with van der Waals surface area (Å²) in [6, 6.07) is 14.5. The Balaban J connectivity index is 1.69. The van der Waals surface area contributed by atoms with E-state index in [-0.39, 0.29) is 37.1 Å². The van der Waals surface area contributed by atoms with Crippen LogP contribution in [0.1, 0.15) is 41.3 Å². The number of halogens is 1.